The number of nitrogens with zero attached hydrogens (tertiary/aromatic N) is 2. The standard InChI is InChI=1S/C13H27N3O/c1-12(2)11-13(17)16-8-4-7-15(9-10-16)6-3-5-14/h12H,3-11,14H2,1-2H3. The summed E-state index contributed by atoms with van der Waals surface area (Å²) < 4.78 is 0. The van der Waals surface area contributed by atoms with Crippen molar-refractivity contribution in [2.45, 2.75) is 33.1 Å². The number of nitrogens with two attached hydrogens (primary N) is 1. The van der Waals surface area contributed by atoms with Gasteiger partial charge in [-0.05, 0) is 38.4 Å². The normalized spacial score (nSPS) is 18.5. The van der Waals surface area contributed by atoms with Gasteiger partial charge < -0.3 is 15.5 Å². The van der Waals surface area contributed by atoms with Crippen LogP contribution in [0.4, 0.5) is 0 Å². The van der Waals surface area contributed by atoms with Crippen molar-refractivity contribution in [2.24, 2.45) is 11.7 Å². The molecule has 1 heterocycles. The van der Waals surface area contributed by atoms with Crippen LogP contribution in [0.5, 0.6) is 0 Å². The van der Waals surface area contributed by atoms with E-state index >= 15 is 0 Å². The summed E-state index contributed by atoms with van der Waals surface area (Å²) >= 11 is 0. The Hall–Kier alpha value is -0.610. The van der Waals surface area contributed by atoms with Gasteiger partial charge in [0.05, 0.1) is 0 Å². The van der Waals surface area contributed by atoms with Crippen molar-refractivity contribution in [2.75, 3.05) is 39.3 Å². The van der Waals surface area contributed by atoms with Crippen LogP contribution in [0.15, 0.2) is 0 Å². The van der Waals surface area contributed by atoms with Gasteiger partial charge in [0.25, 0.3) is 0 Å². The first kappa shape index (κ1) is 14.5. The lowest BCUT2D eigenvalue weighted by Crippen LogP contribution is -2.36. The van der Waals surface area contributed by atoms with E-state index in [1.165, 1.54) is 0 Å². The lowest BCUT2D eigenvalue weighted by Gasteiger charge is -2.22. The van der Waals surface area contributed by atoms with Gasteiger partial charge in [-0.25, -0.2) is 0 Å². The summed E-state index contributed by atoms with van der Waals surface area (Å²) in [5, 5.41) is 0. The molecule has 17 heavy (non-hydrogen) atoms. The average Bonchev–Trinajstić information content (AvgIpc) is 2.50. The van der Waals surface area contributed by atoms with Crippen LogP contribution in [0.3, 0.4) is 0 Å². The highest BCUT2D eigenvalue weighted by Crippen LogP contribution is 2.08. The Morgan fingerprint density at radius 2 is 2.00 bits per heavy atom. The Morgan fingerprint density at radius 1 is 1.24 bits per heavy atom. The van der Waals surface area contributed by atoms with E-state index in [0.717, 1.165) is 52.1 Å². The Balaban J connectivity index is 2.33. The monoisotopic (exact) mass is 241 g/mol. The second-order valence-corrected chi connectivity index (χ2v) is 5.32. The zero-order chi connectivity index (χ0) is 12.7. The molecule has 0 aromatic heterocycles. The van der Waals surface area contributed by atoms with Crippen LogP contribution in [0.1, 0.15) is 33.1 Å². The van der Waals surface area contributed by atoms with Gasteiger partial charge in [0, 0.05) is 26.1 Å². The molecular formula is C13H27N3O. The van der Waals surface area contributed by atoms with Gasteiger partial charge in [-0.1, -0.05) is 13.8 Å². The molecule has 4 heteroatoms. The predicted octanol–water partition coefficient (Wildman–Crippen LogP) is 0.916. The smallest absolute Gasteiger partial charge is 0.222 e. The first-order valence-electron chi connectivity index (χ1n) is 6.83. The minimum Gasteiger partial charge on any atom is -0.341 e. The van der Waals surface area contributed by atoms with Crippen molar-refractivity contribution in [3.8, 4) is 0 Å². The first-order chi connectivity index (χ1) is 8.13. The predicted molar refractivity (Wildman–Crippen MR) is 70.8 cm³/mol. The molecule has 1 aliphatic rings. The second kappa shape index (κ2) is 7.67. The maximum atomic E-state index is 12.0. The van der Waals surface area contributed by atoms with E-state index in [1.54, 1.807) is 0 Å². The highest BCUT2D eigenvalue weighted by atomic mass is 16.2. The molecule has 0 spiro atoms. The van der Waals surface area contributed by atoms with Crippen LogP contribution in [0, 0.1) is 5.92 Å². The van der Waals surface area contributed by atoms with Crippen LogP contribution >= 0.6 is 0 Å². The van der Waals surface area contributed by atoms with Crippen LogP contribution < -0.4 is 5.73 Å². The second-order valence-electron chi connectivity index (χ2n) is 5.32. The molecule has 1 rings (SSSR count). The van der Waals surface area contributed by atoms with Crippen LogP contribution in [-0.4, -0.2) is 55.0 Å². The fraction of sp³-hybridized carbons (Fsp3) is 0.923. The maximum absolute atomic E-state index is 12.0. The van der Waals surface area contributed by atoms with Crippen molar-refractivity contribution < 1.29 is 4.79 Å². The zero-order valence-electron chi connectivity index (χ0n) is 11.3. The molecule has 100 valence electrons. The molecule has 0 aliphatic carbocycles. The number of carbonyl (C=O) groups is 1. The number of carbonyl (C=O) groups excluding carboxylic acids is 1. The number of rotatable bonds is 5. The fourth-order valence-corrected chi connectivity index (χ4v) is 2.24. The van der Waals surface area contributed by atoms with Crippen LogP contribution in [-0.2, 0) is 4.79 Å². The summed E-state index contributed by atoms with van der Waals surface area (Å²) in [6.07, 6.45) is 2.83. The minimum atomic E-state index is 0.320. The molecule has 4 nitrogen and oxygen atoms in total. The summed E-state index contributed by atoms with van der Waals surface area (Å²) in [7, 11) is 0. The van der Waals surface area contributed by atoms with E-state index in [0.29, 0.717) is 18.2 Å². The Morgan fingerprint density at radius 3 is 2.65 bits per heavy atom. The van der Waals surface area contributed by atoms with Gasteiger partial charge in [-0.15, -0.1) is 0 Å². The molecule has 1 aliphatic heterocycles. The van der Waals surface area contributed by atoms with Crippen molar-refractivity contribution in [3.63, 3.8) is 0 Å². The van der Waals surface area contributed by atoms with E-state index < -0.39 is 0 Å². The molecular weight excluding hydrogens is 214 g/mol. The van der Waals surface area contributed by atoms with E-state index in [-0.39, 0.29) is 0 Å². The van der Waals surface area contributed by atoms with E-state index in [1.807, 2.05) is 4.90 Å². The molecule has 0 radical (unpaired) electrons. The largest absolute Gasteiger partial charge is 0.341 e. The highest BCUT2D eigenvalue weighted by molar-refractivity contribution is 5.76. The Labute approximate surface area is 105 Å². The molecule has 0 unspecified atom stereocenters. The molecule has 2 N–H and O–H groups in total. The third-order valence-electron chi connectivity index (χ3n) is 3.20. The molecule has 1 amide bonds. The first-order valence-corrected chi connectivity index (χ1v) is 6.83. The van der Waals surface area contributed by atoms with Gasteiger partial charge in [-0.3, -0.25) is 4.79 Å². The number of hydrogen-bond donors (Lipinski definition) is 1. The highest BCUT2D eigenvalue weighted by Gasteiger charge is 2.19. The summed E-state index contributed by atoms with van der Waals surface area (Å²) in [5.74, 6) is 0.778. The van der Waals surface area contributed by atoms with Gasteiger partial charge >= 0.3 is 0 Å². The Bertz CT molecular complexity index is 231. The van der Waals surface area contributed by atoms with Gasteiger partial charge in [-0.2, -0.15) is 0 Å². The van der Waals surface area contributed by atoms with Crippen molar-refractivity contribution >= 4 is 5.91 Å². The van der Waals surface area contributed by atoms with Crippen molar-refractivity contribution in [1.82, 2.24) is 9.80 Å². The maximum Gasteiger partial charge on any atom is 0.222 e. The van der Waals surface area contributed by atoms with E-state index in [4.69, 9.17) is 5.73 Å². The summed E-state index contributed by atoms with van der Waals surface area (Å²) in [5.41, 5.74) is 5.52. The molecule has 0 bridgehead atoms. The number of hydrogen-bond acceptors (Lipinski definition) is 3. The third-order valence-corrected chi connectivity index (χ3v) is 3.20. The van der Waals surface area contributed by atoms with Crippen molar-refractivity contribution in [3.05, 3.63) is 0 Å². The molecule has 0 aromatic carbocycles. The summed E-state index contributed by atoms with van der Waals surface area (Å²) in [6, 6.07) is 0. The summed E-state index contributed by atoms with van der Waals surface area (Å²) in [4.78, 5) is 16.4. The van der Waals surface area contributed by atoms with Gasteiger partial charge in [0.15, 0.2) is 0 Å². The SMILES string of the molecule is CC(C)CC(=O)N1CCCN(CCCN)CC1. The lowest BCUT2D eigenvalue weighted by molar-refractivity contribution is -0.131. The zero-order valence-corrected chi connectivity index (χ0v) is 11.3. The van der Waals surface area contributed by atoms with Crippen molar-refractivity contribution in [1.29, 1.82) is 0 Å². The average molecular weight is 241 g/mol. The number of amides is 1. The molecule has 0 atom stereocenters. The minimum absolute atomic E-state index is 0.320. The topological polar surface area (TPSA) is 49.6 Å². The van der Waals surface area contributed by atoms with Gasteiger partial charge in [0.2, 0.25) is 5.91 Å². The van der Waals surface area contributed by atoms with Crippen LogP contribution in [0.2, 0.25) is 0 Å². The van der Waals surface area contributed by atoms with Gasteiger partial charge in [0.1, 0.15) is 0 Å². The molecule has 1 fully saturated rings. The lowest BCUT2D eigenvalue weighted by atomic mass is 10.1. The molecule has 1 saturated heterocycles. The molecule has 0 saturated carbocycles. The quantitative estimate of drug-likeness (QED) is 0.778. The summed E-state index contributed by atoms with van der Waals surface area (Å²) in [6.45, 7) is 9.94. The van der Waals surface area contributed by atoms with Crippen LogP contribution in [0.25, 0.3) is 0 Å². The third kappa shape index (κ3) is 5.50. The van der Waals surface area contributed by atoms with E-state index in [9.17, 15) is 4.79 Å². The van der Waals surface area contributed by atoms with E-state index in [2.05, 4.69) is 18.7 Å². The molecule has 0 aromatic rings. The fourth-order valence-electron chi connectivity index (χ4n) is 2.24. The Kier molecular flexibility index (Phi) is 6.52.